The molecule has 0 aromatic heterocycles. The molecule has 12 heteroatoms. The molecule has 6 fully saturated rings. The van der Waals surface area contributed by atoms with Gasteiger partial charge in [0.15, 0.2) is 0 Å². The van der Waals surface area contributed by atoms with E-state index in [0.717, 1.165) is 71.1 Å². The van der Waals surface area contributed by atoms with Crippen LogP contribution in [0.5, 0.6) is 0 Å². The minimum Gasteiger partial charge on any atom is -0.350 e. The molecular formula is C35H62F2N8O2. The molecule has 0 aromatic rings. The fraction of sp³-hybridized carbons (Fsp3) is 0.943. The molecule has 5 heterocycles. The zero-order chi connectivity index (χ0) is 33.0. The Kier molecular flexibility index (Phi) is 12.1. The quantitative estimate of drug-likeness (QED) is 0.261. The third kappa shape index (κ3) is 8.48. The van der Waals surface area contributed by atoms with Crippen molar-refractivity contribution in [1.29, 1.82) is 0 Å². The van der Waals surface area contributed by atoms with Gasteiger partial charge in [0.25, 0.3) is 0 Å². The summed E-state index contributed by atoms with van der Waals surface area (Å²) in [5.41, 5.74) is 12.6. The van der Waals surface area contributed by atoms with Gasteiger partial charge in [0, 0.05) is 50.7 Å². The van der Waals surface area contributed by atoms with Gasteiger partial charge in [-0.1, -0.05) is 25.7 Å². The van der Waals surface area contributed by atoms with Gasteiger partial charge >= 0.3 is 0 Å². The van der Waals surface area contributed by atoms with Gasteiger partial charge in [-0.15, -0.1) is 0 Å². The van der Waals surface area contributed by atoms with E-state index in [1.54, 1.807) is 0 Å². The molecule has 1 saturated carbocycles. The number of carbonyl (C=O) groups is 2. The Bertz CT molecular complexity index is 1030. The van der Waals surface area contributed by atoms with Crippen molar-refractivity contribution in [3.8, 4) is 0 Å². The highest BCUT2D eigenvalue weighted by Gasteiger charge is 2.45. The van der Waals surface area contributed by atoms with Crippen LogP contribution in [0, 0.1) is 17.3 Å². The molecule has 0 bridgehead atoms. The van der Waals surface area contributed by atoms with Gasteiger partial charge in [0.05, 0.1) is 24.2 Å². The van der Waals surface area contributed by atoms with E-state index in [1.165, 1.54) is 25.7 Å². The van der Waals surface area contributed by atoms with E-state index < -0.39 is 36.5 Å². The standard InChI is InChI=1S/C35H62F2N8O2/c36-25-7-13-35(11-3-1-4-12-35)19-28(41-20-25)30(32(38)39)33(46)42-29-22-40-21-27(37)31(29)44-16-8-24(9-17-44)34(47)45-18-10-26(23-45)43-14-5-2-6-15-43/h24-32,40-41H,1-23,38-39H2,(H,42,46). The smallest absolute Gasteiger partial charge is 0.227 e. The van der Waals surface area contributed by atoms with E-state index in [4.69, 9.17) is 11.5 Å². The van der Waals surface area contributed by atoms with Gasteiger partial charge in [-0.25, -0.2) is 8.78 Å². The first-order valence-electron chi connectivity index (χ1n) is 19.0. The fourth-order valence-corrected chi connectivity index (χ4v) is 10.1. The number of likely N-dealkylation sites (tertiary alicyclic amines) is 3. The zero-order valence-corrected chi connectivity index (χ0v) is 28.5. The lowest BCUT2D eigenvalue weighted by Crippen LogP contribution is -2.68. The number of piperidine rings is 3. The number of hydrogen-bond donors (Lipinski definition) is 5. The van der Waals surface area contributed by atoms with Crippen LogP contribution in [0.4, 0.5) is 8.78 Å². The molecule has 0 radical (unpaired) electrons. The molecule has 7 N–H and O–H groups in total. The second-order valence-electron chi connectivity index (χ2n) is 15.9. The summed E-state index contributed by atoms with van der Waals surface area (Å²) in [6, 6.07) is -0.814. The molecule has 6 aliphatic rings. The van der Waals surface area contributed by atoms with Crippen molar-refractivity contribution >= 4 is 11.8 Å². The third-order valence-corrected chi connectivity index (χ3v) is 12.8. The lowest BCUT2D eigenvalue weighted by atomic mass is 9.65. The van der Waals surface area contributed by atoms with E-state index >= 15 is 4.39 Å². The van der Waals surface area contributed by atoms with Crippen molar-refractivity contribution in [2.24, 2.45) is 28.7 Å². The molecule has 6 rings (SSSR count). The Morgan fingerprint density at radius 2 is 1.53 bits per heavy atom. The van der Waals surface area contributed by atoms with E-state index in [-0.39, 0.29) is 42.3 Å². The molecule has 1 aliphatic carbocycles. The molecule has 7 unspecified atom stereocenters. The number of hydrogen-bond acceptors (Lipinski definition) is 8. The predicted octanol–water partition coefficient (Wildman–Crippen LogP) is 1.87. The van der Waals surface area contributed by atoms with E-state index in [9.17, 15) is 14.0 Å². The maximum Gasteiger partial charge on any atom is 0.227 e. The van der Waals surface area contributed by atoms with Crippen molar-refractivity contribution in [3.05, 3.63) is 0 Å². The third-order valence-electron chi connectivity index (χ3n) is 12.8. The van der Waals surface area contributed by atoms with Crippen LogP contribution in [0.3, 0.4) is 0 Å². The van der Waals surface area contributed by atoms with Gasteiger partial charge in [-0.2, -0.15) is 0 Å². The highest BCUT2D eigenvalue weighted by atomic mass is 19.1. The Hall–Kier alpha value is -1.44. The summed E-state index contributed by atoms with van der Waals surface area (Å²) >= 11 is 0. The molecule has 5 saturated heterocycles. The van der Waals surface area contributed by atoms with Crippen molar-refractivity contribution in [2.45, 2.75) is 133 Å². The molecule has 7 atom stereocenters. The Morgan fingerprint density at radius 1 is 0.809 bits per heavy atom. The molecule has 10 nitrogen and oxygen atoms in total. The molecule has 268 valence electrons. The number of nitrogens with zero attached hydrogens (tertiary/aromatic N) is 3. The molecular weight excluding hydrogens is 602 g/mol. The summed E-state index contributed by atoms with van der Waals surface area (Å²) in [5, 5.41) is 9.69. The van der Waals surface area contributed by atoms with Crippen LogP contribution in [0.2, 0.25) is 0 Å². The Labute approximate surface area is 280 Å². The second-order valence-corrected chi connectivity index (χ2v) is 15.9. The fourth-order valence-electron chi connectivity index (χ4n) is 10.1. The average Bonchev–Trinajstić information content (AvgIpc) is 3.57. The van der Waals surface area contributed by atoms with Crippen LogP contribution in [0.25, 0.3) is 0 Å². The van der Waals surface area contributed by atoms with E-state index in [2.05, 4.69) is 30.7 Å². The van der Waals surface area contributed by atoms with Gasteiger partial charge in [-0.05, 0) is 95.8 Å². The van der Waals surface area contributed by atoms with Crippen LogP contribution in [-0.2, 0) is 9.59 Å². The first-order chi connectivity index (χ1) is 22.7. The van der Waals surface area contributed by atoms with Gasteiger partial charge < -0.3 is 32.3 Å². The van der Waals surface area contributed by atoms with Gasteiger partial charge in [0.2, 0.25) is 11.8 Å². The summed E-state index contributed by atoms with van der Waals surface area (Å²) in [7, 11) is 0. The van der Waals surface area contributed by atoms with Crippen LogP contribution in [0.15, 0.2) is 0 Å². The van der Waals surface area contributed by atoms with Crippen LogP contribution in [0.1, 0.15) is 89.9 Å². The van der Waals surface area contributed by atoms with Gasteiger partial charge in [-0.3, -0.25) is 19.4 Å². The highest BCUT2D eigenvalue weighted by molar-refractivity contribution is 5.81. The van der Waals surface area contributed by atoms with Gasteiger partial charge in [0.1, 0.15) is 12.3 Å². The second kappa shape index (κ2) is 16.1. The van der Waals surface area contributed by atoms with Crippen LogP contribution in [-0.4, -0.2) is 128 Å². The number of alkyl halides is 2. The van der Waals surface area contributed by atoms with E-state index in [1.807, 2.05) is 0 Å². The van der Waals surface area contributed by atoms with E-state index in [0.29, 0.717) is 44.9 Å². The monoisotopic (exact) mass is 664 g/mol. The van der Waals surface area contributed by atoms with Crippen molar-refractivity contribution < 1.29 is 18.4 Å². The topological polar surface area (TPSA) is 132 Å². The predicted molar refractivity (Wildman–Crippen MR) is 180 cm³/mol. The first kappa shape index (κ1) is 35.4. The van der Waals surface area contributed by atoms with Crippen molar-refractivity contribution in [2.75, 3.05) is 58.9 Å². The molecule has 2 amide bonds. The first-order valence-corrected chi connectivity index (χ1v) is 19.0. The number of halogens is 2. The SMILES string of the molecule is NC(N)C(C(=O)NC1CNCC(F)C1N1CCC(C(=O)N2CCC(N3CCCCC3)C2)CC1)C1CC2(CCCCC2)CCC(F)CN1. The average molecular weight is 665 g/mol. The molecule has 5 aliphatic heterocycles. The lowest BCUT2D eigenvalue weighted by Gasteiger charge is -2.46. The van der Waals surface area contributed by atoms with Crippen LogP contribution < -0.4 is 27.4 Å². The number of nitrogens with one attached hydrogen (secondary N) is 3. The summed E-state index contributed by atoms with van der Waals surface area (Å²) in [6.07, 6.45) is 10.9. The minimum absolute atomic E-state index is 0.00162. The maximum atomic E-state index is 15.7. The zero-order valence-electron chi connectivity index (χ0n) is 28.5. The molecule has 47 heavy (non-hydrogen) atoms. The largest absolute Gasteiger partial charge is 0.350 e. The highest BCUT2D eigenvalue weighted by Crippen LogP contribution is 2.46. The van der Waals surface area contributed by atoms with Crippen molar-refractivity contribution in [1.82, 2.24) is 30.7 Å². The summed E-state index contributed by atoms with van der Waals surface area (Å²) in [6.45, 7) is 6.08. The molecule has 1 spiro atoms. The summed E-state index contributed by atoms with van der Waals surface area (Å²) in [4.78, 5) is 34.4. The number of rotatable bonds is 7. The minimum atomic E-state index is -1.16. The van der Waals surface area contributed by atoms with Crippen LogP contribution >= 0.6 is 0 Å². The number of carbonyl (C=O) groups excluding carboxylic acids is 2. The lowest BCUT2D eigenvalue weighted by molar-refractivity contribution is -0.136. The summed E-state index contributed by atoms with van der Waals surface area (Å²) in [5.74, 6) is -0.811. The Morgan fingerprint density at radius 3 is 2.26 bits per heavy atom. The summed E-state index contributed by atoms with van der Waals surface area (Å²) < 4.78 is 30.5. The number of amides is 2. The normalized spacial score (nSPS) is 35.8. The molecule has 0 aromatic carbocycles. The Balaban J connectivity index is 1.06. The maximum absolute atomic E-state index is 15.7. The van der Waals surface area contributed by atoms with Crippen molar-refractivity contribution in [3.63, 3.8) is 0 Å². The number of nitrogens with two attached hydrogens (primary N) is 2.